The molecule has 0 aliphatic rings. The van der Waals surface area contributed by atoms with E-state index in [-0.39, 0.29) is 17.7 Å². The van der Waals surface area contributed by atoms with Gasteiger partial charge in [0.25, 0.3) is 5.91 Å². The molecule has 0 saturated carbocycles. The van der Waals surface area contributed by atoms with Crippen LogP contribution in [0.1, 0.15) is 40.1 Å². The van der Waals surface area contributed by atoms with Gasteiger partial charge in [-0.1, -0.05) is 28.9 Å². The van der Waals surface area contributed by atoms with E-state index in [1.54, 1.807) is 13.0 Å². The molecule has 0 unspecified atom stereocenters. The monoisotopic (exact) mass is 603 g/mol. The third-order valence-electron chi connectivity index (χ3n) is 4.81. The first-order valence-corrected chi connectivity index (χ1v) is 11.6. The summed E-state index contributed by atoms with van der Waals surface area (Å²) >= 11 is 4.45. The molecule has 0 bridgehead atoms. The van der Waals surface area contributed by atoms with Crippen LogP contribution in [-0.2, 0) is 15.2 Å². The molecule has 0 aliphatic heterocycles. The Morgan fingerprint density at radius 2 is 1.53 bits per heavy atom. The predicted octanol–water partition coefficient (Wildman–Crippen LogP) is 6.83. The minimum Gasteiger partial charge on any atom is -0.465 e. The summed E-state index contributed by atoms with van der Waals surface area (Å²) in [5, 5.41) is 0. The maximum absolute atomic E-state index is 14.6. The zero-order chi connectivity index (χ0) is 27.6. The SMILES string of the molecule is CCSc1cc(Br)ccc1C(=O)N(C(C)=O)c1ccc(C(F)(C(F)(F)F)C(F)(F)F)cc1C(=O)OC. The number of hydrogen-bond acceptors (Lipinski definition) is 5. The van der Waals surface area contributed by atoms with Crippen molar-refractivity contribution in [2.75, 3.05) is 17.8 Å². The highest BCUT2D eigenvalue weighted by Crippen LogP contribution is 2.53. The summed E-state index contributed by atoms with van der Waals surface area (Å²) in [5.41, 5.74) is -9.61. The van der Waals surface area contributed by atoms with Gasteiger partial charge >= 0.3 is 24.0 Å². The van der Waals surface area contributed by atoms with Gasteiger partial charge < -0.3 is 4.74 Å². The standard InChI is InChI=1S/C22H17BrF7NO4S/c1-4-36-17-10-13(23)6-7-14(17)18(33)31(11(2)32)16-8-5-12(9-15(16)19(34)35-3)20(24,21(25,26)27)22(28,29)30/h5-10H,4H2,1-3H3. The Morgan fingerprint density at radius 1 is 0.944 bits per heavy atom. The zero-order valence-electron chi connectivity index (χ0n) is 18.7. The van der Waals surface area contributed by atoms with Crippen LogP contribution in [0, 0.1) is 0 Å². The van der Waals surface area contributed by atoms with Crippen molar-refractivity contribution in [2.24, 2.45) is 0 Å². The maximum atomic E-state index is 14.6. The molecular weight excluding hydrogens is 587 g/mol. The van der Waals surface area contributed by atoms with Gasteiger partial charge in [-0.25, -0.2) is 14.1 Å². The molecular formula is C22H17BrF7NO4S. The van der Waals surface area contributed by atoms with Crippen molar-refractivity contribution in [3.8, 4) is 0 Å². The number of carbonyl (C=O) groups excluding carboxylic acids is 3. The van der Waals surface area contributed by atoms with Crippen molar-refractivity contribution in [2.45, 2.75) is 36.8 Å². The number of esters is 1. The second kappa shape index (κ2) is 10.8. The lowest BCUT2D eigenvalue weighted by atomic mass is 9.91. The molecule has 2 aromatic carbocycles. The molecule has 2 rings (SSSR count). The fraction of sp³-hybridized carbons (Fsp3) is 0.318. The summed E-state index contributed by atoms with van der Waals surface area (Å²) in [6.07, 6.45) is -12.9. The van der Waals surface area contributed by atoms with Gasteiger partial charge in [-0.2, -0.15) is 26.3 Å². The van der Waals surface area contributed by atoms with Crippen LogP contribution >= 0.6 is 27.7 Å². The van der Waals surface area contributed by atoms with Crippen LogP contribution in [-0.4, -0.2) is 43.0 Å². The lowest BCUT2D eigenvalue weighted by Gasteiger charge is -2.31. The number of nitrogens with zero attached hydrogens (tertiary/aromatic N) is 1. The highest BCUT2D eigenvalue weighted by atomic mass is 79.9. The van der Waals surface area contributed by atoms with Crippen LogP contribution < -0.4 is 4.90 Å². The molecule has 0 aliphatic carbocycles. The number of imide groups is 1. The second-order valence-electron chi connectivity index (χ2n) is 7.11. The number of benzene rings is 2. The molecule has 0 radical (unpaired) electrons. The van der Waals surface area contributed by atoms with Crippen molar-refractivity contribution in [1.29, 1.82) is 0 Å². The van der Waals surface area contributed by atoms with Crippen molar-refractivity contribution >= 4 is 51.2 Å². The largest absolute Gasteiger partial charge is 0.465 e. The third-order valence-corrected chi connectivity index (χ3v) is 6.24. The van der Waals surface area contributed by atoms with Crippen molar-refractivity contribution < 1.29 is 49.9 Å². The Kier molecular flexibility index (Phi) is 8.88. The molecule has 196 valence electrons. The first kappa shape index (κ1) is 29.6. The van der Waals surface area contributed by atoms with Gasteiger partial charge in [-0.3, -0.25) is 9.59 Å². The van der Waals surface area contributed by atoms with Crippen LogP contribution in [0.3, 0.4) is 0 Å². The number of rotatable bonds is 6. The number of alkyl halides is 7. The third kappa shape index (κ3) is 5.53. The van der Waals surface area contributed by atoms with Crippen LogP contribution in [0.2, 0.25) is 0 Å². The van der Waals surface area contributed by atoms with Gasteiger partial charge in [0.2, 0.25) is 5.91 Å². The van der Waals surface area contributed by atoms with Gasteiger partial charge in [0.05, 0.1) is 23.9 Å². The number of anilines is 1. The minimum absolute atomic E-state index is 0.0331. The van der Waals surface area contributed by atoms with E-state index in [0.717, 1.165) is 14.0 Å². The molecule has 0 saturated heterocycles. The molecule has 0 fully saturated rings. The van der Waals surface area contributed by atoms with E-state index in [0.29, 0.717) is 26.1 Å². The van der Waals surface area contributed by atoms with E-state index in [1.165, 1.54) is 23.9 Å². The predicted molar refractivity (Wildman–Crippen MR) is 121 cm³/mol. The van der Waals surface area contributed by atoms with Gasteiger partial charge in [0, 0.05) is 21.9 Å². The van der Waals surface area contributed by atoms with Crippen LogP contribution in [0.25, 0.3) is 0 Å². The van der Waals surface area contributed by atoms with Gasteiger partial charge in [0.15, 0.2) is 0 Å². The van der Waals surface area contributed by atoms with E-state index >= 15 is 0 Å². The van der Waals surface area contributed by atoms with Crippen molar-refractivity contribution in [3.63, 3.8) is 0 Å². The molecule has 0 aromatic heterocycles. The number of ether oxygens (including phenoxy) is 1. The number of methoxy groups -OCH3 is 1. The minimum atomic E-state index is -6.44. The van der Waals surface area contributed by atoms with Crippen LogP contribution in [0.5, 0.6) is 0 Å². The number of hydrogen-bond donors (Lipinski definition) is 0. The van der Waals surface area contributed by atoms with Gasteiger partial charge in [-0.05, 0) is 36.1 Å². The average Bonchev–Trinajstić information content (AvgIpc) is 2.76. The zero-order valence-corrected chi connectivity index (χ0v) is 21.1. The Labute approximate surface area is 213 Å². The molecule has 2 amide bonds. The first-order chi connectivity index (χ1) is 16.5. The first-order valence-electron chi connectivity index (χ1n) is 9.83. The molecule has 5 nitrogen and oxygen atoms in total. The van der Waals surface area contributed by atoms with E-state index in [9.17, 15) is 45.1 Å². The Morgan fingerprint density at radius 3 is 2.00 bits per heavy atom. The highest BCUT2D eigenvalue weighted by Gasteiger charge is 2.73. The number of amides is 2. The lowest BCUT2D eigenvalue weighted by molar-refractivity contribution is -0.348. The smallest absolute Gasteiger partial charge is 0.435 e. The molecule has 0 N–H and O–H groups in total. The fourth-order valence-corrected chi connectivity index (χ4v) is 4.54. The summed E-state index contributed by atoms with van der Waals surface area (Å²) in [7, 11) is 0.764. The molecule has 14 heteroatoms. The Balaban J connectivity index is 2.82. The van der Waals surface area contributed by atoms with Crippen molar-refractivity contribution in [3.05, 3.63) is 57.6 Å². The molecule has 2 aromatic rings. The highest BCUT2D eigenvalue weighted by molar-refractivity contribution is 9.10. The van der Waals surface area contributed by atoms with Crippen molar-refractivity contribution in [1.82, 2.24) is 0 Å². The number of thioether (sulfide) groups is 1. The second-order valence-corrected chi connectivity index (χ2v) is 9.33. The van der Waals surface area contributed by atoms with Crippen LogP contribution in [0.15, 0.2) is 45.8 Å². The Hall–Kier alpha value is -2.61. The normalized spacial score (nSPS) is 12.3. The van der Waals surface area contributed by atoms with E-state index in [4.69, 9.17) is 0 Å². The quantitative estimate of drug-likeness (QED) is 0.206. The fourth-order valence-electron chi connectivity index (χ4n) is 3.20. The number of halogens is 8. The lowest BCUT2D eigenvalue weighted by Crippen LogP contribution is -2.50. The Bertz CT molecular complexity index is 1170. The van der Waals surface area contributed by atoms with E-state index < -0.39 is 52.6 Å². The molecule has 0 spiro atoms. The summed E-state index contributed by atoms with van der Waals surface area (Å²) in [4.78, 5) is 38.9. The van der Waals surface area contributed by atoms with E-state index in [1.807, 2.05) is 0 Å². The summed E-state index contributed by atoms with van der Waals surface area (Å²) < 4.78 is 99.1. The molecule has 36 heavy (non-hydrogen) atoms. The summed E-state index contributed by atoms with van der Waals surface area (Å²) in [5.74, 6) is -3.04. The van der Waals surface area contributed by atoms with Gasteiger partial charge in [-0.15, -0.1) is 11.8 Å². The average molecular weight is 604 g/mol. The summed E-state index contributed by atoms with van der Waals surface area (Å²) in [6, 6.07) is 4.91. The van der Waals surface area contributed by atoms with E-state index in [2.05, 4.69) is 20.7 Å². The maximum Gasteiger partial charge on any atom is 0.435 e. The van der Waals surface area contributed by atoms with Crippen LogP contribution in [0.4, 0.5) is 36.4 Å². The molecule has 0 heterocycles. The van der Waals surface area contributed by atoms with Gasteiger partial charge in [0.1, 0.15) is 0 Å². The topological polar surface area (TPSA) is 63.7 Å². The number of carbonyl (C=O) groups is 3. The summed E-state index contributed by atoms with van der Waals surface area (Å²) in [6.45, 7) is 2.67. The molecule has 0 atom stereocenters.